The number of hydrogen-bond acceptors (Lipinski definition) is 5. The third-order valence-corrected chi connectivity index (χ3v) is 4.50. The number of benzene rings is 1. The van der Waals surface area contributed by atoms with Crippen LogP contribution in [0.25, 0.3) is 11.5 Å². The zero-order valence-corrected chi connectivity index (χ0v) is 13.2. The second-order valence-electron chi connectivity index (χ2n) is 5.02. The second-order valence-corrected chi connectivity index (χ2v) is 5.81. The van der Waals surface area contributed by atoms with Crippen LogP contribution >= 0.6 is 15.9 Å². The zero-order valence-electron chi connectivity index (χ0n) is 11.6. The summed E-state index contributed by atoms with van der Waals surface area (Å²) in [5.74, 6) is 0.615. The van der Waals surface area contributed by atoms with Crippen molar-refractivity contribution in [1.82, 2.24) is 20.4 Å². The molecule has 5 nitrogen and oxygen atoms in total. The van der Waals surface area contributed by atoms with Crippen LogP contribution in [0.15, 0.2) is 27.2 Å². The number of halogens is 2. The van der Waals surface area contributed by atoms with Gasteiger partial charge >= 0.3 is 0 Å². The summed E-state index contributed by atoms with van der Waals surface area (Å²) in [6.07, 6.45) is 0. The Morgan fingerprint density at radius 3 is 2.90 bits per heavy atom. The Bertz CT molecular complexity index is 627. The summed E-state index contributed by atoms with van der Waals surface area (Å²) in [6, 6.07) is 4.84. The highest BCUT2D eigenvalue weighted by atomic mass is 79.9. The fourth-order valence-corrected chi connectivity index (χ4v) is 2.85. The minimum absolute atomic E-state index is 0.0805. The molecule has 1 saturated heterocycles. The Labute approximate surface area is 130 Å². The molecule has 1 aliphatic rings. The van der Waals surface area contributed by atoms with E-state index >= 15 is 0 Å². The molecule has 21 heavy (non-hydrogen) atoms. The van der Waals surface area contributed by atoms with E-state index in [1.54, 1.807) is 12.1 Å². The van der Waals surface area contributed by atoms with Gasteiger partial charge in [0.15, 0.2) is 5.82 Å². The SMILES string of the molecule is CC(c1noc(-c2cccc(F)c2Br)n1)N1CCNCC1. The first-order valence-electron chi connectivity index (χ1n) is 6.89. The van der Waals surface area contributed by atoms with Gasteiger partial charge in [-0.25, -0.2) is 4.39 Å². The van der Waals surface area contributed by atoms with Crippen molar-refractivity contribution in [2.24, 2.45) is 0 Å². The number of nitrogens with zero attached hydrogens (tertiary/aromatic N) is 3. The maximum absolute atomic E-state index is 13.6. The van der Waals surface area contributed by atoms with E-state index in [1.807, 2.05) is 0 Å². The molecule has 2 aromatic rings. The smallest absolute Gasteiger partial charge is 0.259 e. The van der Waals surface area contributed by atoms with Crippen molar-refractivity contribution >= 4 is 15.9 Å². The van der Waals surface area contributed by atoms with Crippen LogP contribution in [-0.4, -0.2) is 41.2 Å². The van der Waals surface area contributed by atoms with Crippen molar-refractivity contribution in [2.75, 3.05) is 26.2 Å². The van der Waals surface area contributed by atoms with Crippen molar-refractivity contribution in [2.45, 2.75) is 13.0 Å². The van der Waals surface area contributed by atoms with E-state index in [-0.39, 0.29) is 11.9 Å². The maximum atomic E-state index is 13.6. The average Bonchev–Trinajstić information content (AvgIpc) is 3.00. The summed E-state index contributed by atoms with van der Waals surface area (Å²) >= 11 is 3.22. The number of hydrogen-bond donors (Lipinski definition) is 1. The third kappa shape index (κ3) is 3.00. The standard InChI is InChI=1S/C14H16BrFN4O/c1-9(20-7-5-17-6-8-20)13-18-14(21-19-13)10-3-2-4-11(16)12(10)15/h2-4,9,17H,5-8H2,1H3. The molecule has 1 aromatic heterocycles. The van der Waals surface area contributed by atoms with Gasteiger partial charge in [-0.3, -0.25) is 4.90 Å². The van der Waals surface area contributed by atoms with Gasteiger partial charge in [0.1, 0.15) is 5.82 Å². The highest BCUT2D eigenvalue weighted by molar-refractivity contribution is 9.10. The molecule has 7 heteroatoms. The topological polar surface area (TPSA) is 54.2 Å². The summed E-state index contributed by atoms with van der Waals surface area (Å²) < 4.78 is 19.2. The first kappa shape index (κ1) is 14.6. The molecule has 112 valence electrons. The molecule has 0 bridgehead atoms. The van der Waals surface area contributed by atoms with Crippen LogP contribution in [0.4, 0.5) is 4.39 Å². The number of aromatic nitrogens is 2. The Kier molecular flexibility index (Phi) is 4.32. The molecular formula is C14H16BrFN4O. The lowest BCUT2D eigenvalue weighted by atomic mass is 10.2. The Balaban J connectivity index is 1.84. The lowest BCUT2D eigenvalue weighted by Crippen LogP contribution is -2.44. The number of piperazine rings is 1. The van der Waals surface area contributed by atoms with E-state index in [0.717, 1.165) is 26.2 Å². The highest BCUT2D eigenvalue weighted by Crippen LogP contribution is 2.30. The van der Waals surface area contributed by atoms with Gasteiger partial charge in [0, 0.05) is 26.2 Å². The molecule has 0 saturated carbocycles. The second kappa shape index (κ2) is 6.21. The van der Waals surface area contributed by atoms with E-state index in [4.69, 9.17) is 4.52 Å². The predicted molar refractivity (Wildman–Crippen MR) is 80.2 cm³/mol. The van der Waals surface area contributed by atoms with Gasteiger partial charge < -0.3 is 9.84 Å². The molecule has 0 aliphatic carbocycles. The minimum atomic E-state index is -0.345. The van der Waals surface area contributed by atoms with E-state index in [2.05, 4.69) is 43.2 Å². The predicted octanol–water partition coefficient (Wildman–Crippen LogP) is 2.60. The zero-order chi connectivity index (χ0) is 14.8. The summed E-state index contributed by atoms with van der Waals surface area (Å²) in [7, 11) is 0. The van der Waals surface area contributed by atoms with Gasteiger partial charge in [0.05, 0.1) is 16.1 Å². The molecule has 0 radical (unpaired) electrons. The molecule has 3 rings (SSSR count). The van der Waals surface area contributed by atoms with Crippen LogP contribution < -0.4 is 5.32 Å². The van der Waals surface area contributed by atoms with Crippen LogP contribution in [0.3, 0.4) is 0 Å². The van der Waals surface area contributed by atoms with E-state index < -0.39 is 0 Å². The van der Waals surface area contributed by atoms with Crippen LogP contribution in [0.1, 0.15) is 18.8 Å². The molecule has 1 N–H and O–H groups in total. The van der Waals surface area contributed by atoms with Crippen molar-refractivity contribution in [3.63, 3.8) is 0 Å². The third-order valence-electron chi connectivity index (χ3n) is 3.70. The Hall–Kier alpha value is -1.31. The van der Waals surface area contributed by atoms with Crippen molar-refractivity contribution in [3.05, 3.63) is 34.3 Å². The maximum Gasteiger partial charge on any atom is 0.259 e. The number of rotatable bonds is 3. The molecule has 1 fully saturated rings. The fourth-order valence-electron chi connectivity index (χ4n) is 2.42. The summed E-state index contributed by atoms with van der Waals surface area (Å²) in [5.41, 5.74) is 0.571. The van der Waals surface area contributed by atoms with Gasteiger partial charge in [-0.2, -0.15) is 4.98 Å². The Morgan fingerprint density at radius 1 is 1.38 bits per heavy atom. The molecular weight excluding hydrogens is 339 g/mol. The highest BCUT2D eigenvalue weighted by Gasteiger charge is 2.23. The normalized spacial score (nSPS) is 17.9. The molecule has 1 aromatic carbocycles. The van der Waals surface area contributed by atoms with Gasteiger partial charge in [0.2, 0.25) is 0 Å². The quantitative estimate of drug-likeness (QED) is 0.917. The summed E-state index contributed by atoms with van der Waals surface area (Å²) in [5, 5.41) is 7.36. The van der Waals surface area contributed by atoms with Gasteiger partial charge in [0.25, 0.3) is 5.89 Å². The van der Waals surface area contributed by atoms with Crippen LogP contribution in [0.2, 0.25) is 0 Å². The number of nitrogens with one attached hydrogen (secondary N) is 1. The minimum Gasteiger partial charge on any atom is -0.334 e. The fraction of sp³-hybridized carbons (Fsp3) is 0.429. The molecule has 1 unspecified atom stereocenters. The first-order valence-corrected chi connectivity index (χ1v) is 7.69. The van der Waals surface area contributed by atoms with Crippen molar-refractivity contribution in [3.8, 4) is 11.5 Å². The van der Waals surface area contributed by atoms with E-state index in [9.17, 15) is 4.39 Å². The average molecular weight is 355 g/mol. The molecule has 2 heterocycles. The largest absolute Gasteiger partial charge is 0.334 e. The Morgan fingerprint density at radius 2 is 2.14 bits per heavy atom. The monoisotopic (exact) mass is 354 g/mol. The lowest BCUT2D eigenvalue weighted by Gasteiger charge is -2.30. The van der Waals surface area contributed by atoms with Crippen LogP contribution in [0.5, 0.6) is 0 Å². The van der Waals surface area contributed by atoms with E-state index in [1.165, 1.54) is 6.07 Å². The van der Waals surface area contributed by atoms with Gasteiger partial charge in [-0.1, -0.05) is 11.2 Å². The molecule has 0 amide bonds. The van der Waals surface area contributed by atoms with Crippen molar-refractivity contribution < 1.29 is 8.91 Å². The summed E-state index contributed by atoms with van der Waals surface area (Å²) in [4.78, 5) is 6.72. The van der Waals surface area contributed by atoms with Crippen molar-refractivity contribution in [1.29, 1.82) is 0 Å². The van der Waals surface area contributed by atoms with Crippen LogP contribution in [0, 0.1) is 5.82 Å². The molecule has 0 spiro atoms. The van der Waals surface area contributed by atoms with Gasteiger partial charge in [-0.05, 0) is 35.0 Å². The lowest BCUT2D eigenvalue weighted by molar-refractivity contribution is 0.176. The van der Waals surface area contributed by atoms with Crippen LogP contribution in [-0.2, 0) is 0 Å². The molecule has 1 aliphatic heterocycles. The first-order chi connectivity index (χ1) is 10.2. The van der Waals surface area contributed by atoms with E-state index in [0.29, 0.717) is 21.8 Å². The van der Waals surface area contributed by atoms with Gasteiger partial charge in [-0.15, -0.1) is 0 Å². The molecule has 1 atom stereocenters. The summed E-state index contributed by atoms with van der Waals surface area (Å²) in [6.45, 7) is 5.89.